The highest BCUT2D eigenvalue weighted by Crippen LogP contribution is 2.32. The van der Waals surface area contributed by atoms with Gasteiger partial charge < -0.3 is 14.8 Å². The fraction of sp³-hybridized carbons (Fsp3) is 0.545. The van der Waals surface area contributed by atoms with Crippen LogP contribution in [0.25, 0.3) is 0 Å². The number of rotatable bonds is 3. The molecule has 1 unspecified atom stereocenters. The van der Waals surface area contributed by atoms with E-state index >= 15 is 0 Å². The van der Waals surface area contributed by atoms with E-state index in [2.05, 4.69) is 4.98 Å². The maximum atomic E-state index is 12.8. The molecule has 5 rings (SSSR count). The van der Waals surface area contributed by atoms with E-state index in [0.717, 1.165) is 44.3 Å². The standard InChI is InChI=1S/C22H26N4O3S/c27-20-16-13-26(22(29)18-7-3-11-30-18)10-8-17(16)23-19(24-20)15-6-2-9-25(12-15)21(28)14-4-1-5-14/h3,7,11,14-15H,1-2,4-6,8-10,12-13H2,(H,23,24,27). The number of likely N-dealkylation sites (tertiary alicyclic amines) is 1. The molecule has 2 fully saturated rings. The van der Waals surface area contributed by atoms with Gasteiger partial charge in [0.1, 0.15) is 5.82 Å². The second-order valence-corrected chi connectivity index (χ2v) is 9.53. The molecule has 8 heteroatoms. The molecule has 30 heavy (non-hydrogen) atoms. The highest BCUT2D eigenvalue weighted by atomic mass is 32.1. The molecule has 1 atom stereocenters. The highest BCUT2D eigenvalue weighted by Gasteiger charge is 2.34. The fourth-order valence-electron chi connectivity index (χ4n) is 4.68. The van der Waals surface area contributed by atoms with Crippen molar-refractivity contribution in [2.45, 2.75) is 51.0 Å². The van der Waals surface area contributed by atoms with Crippen molar-refractivity contribution in [2.24, 2.45) is 5.92 Å². The lowest BCUT2D eigenvalue weighted by molar-refractivity contribution is -0.139. The van der Waals surface area contributed by atoms with E-state index in [9.17, 15) is 14.4 Å². The molecule has 2 aliphatic heterocycles. The molecule has 1 saturated heterocycles. The van der Waals surface area contributed by atoms with Gasteiger partial charge in [-0.25, -0.2) is 4.98 Å². The van der Waals surface area contributed by atoms with Crippen LogP contribution in [0, 0.1) is 5.92 Å². The van der Waals surface area contributed by atoms with Gasteiger partial charge in [-0.05, 0) is 37.1 Å². The first-order valence-electron chi connectivity index (χ1n) is 10.8. The Morgan fingerprint density at radius 3 is 2.73 bits per heavy atom. The van der Waals surface area contributed by atoms with E-state index in [4.69, 9.17) is 4.98 Å². The first-order valence-corrected chi connectivity index (χ1v) is 11.7. The predicted octanol–water partition coefficient (Wildman–Crippen LogP) is 2.54. The third kappa shape index (κ3) is 3.57. The van der Waals surface area contributed by atoms with Gasteiger partial charge >= 0.3 is 0 Å². The zero-order chi connectivity index (χ0) is 20.7. The third-order valence-corrected chi connectivity index (χ3v) is 7.54. The number of nitrogens with one attached hydrogen (secondary N) is 1. The second-order valence-electron chi connectivity index (χ2n) is 8.58. The molecule has 2 aromatic rings. The number of carbonyl (C=O) groups excluding carboxylic acids is 2. The Morgan fingerprint density at radius 1 is 1.13 bits per heavy atom. The minimum atomic E-state index is -0.152. The van der Waals surface area contributed by atoms with Crippen LogP contribution in [0.3, 0.4) is 0 Å². The van der Waals surface area contributed by atoms with E-state index in [0.29, 0.717) is 42.3 Å². The number of hydrogen-bond acceptors (Lipinski definition) is 5. The Kier molecular flexibility index (Phi) is 5.18. The Labute approximate surface area is 179 Å². The topological polar surface area (TPSA) is 86.4 Å². The molecule has 0 bridgehead atoms. The smallest absolute Gasteiger partial charge is 0.264 e. The molecular formula is C22H26N4O3S. The first kappa shape index (κ1) is 19.5. The quantitative estimate of drug-likeness (QED) is 0.817. The van der Waals surface area contributed by atoms with E-state index in [-0.39, 0.29) is 29.2 Å². The van der Waals surface area contributed by atoms with Gasteiger partial charge in [0.2, 0.25) is 5.91 Å². The van der Waals surface area contributed by atoms with Gasteiger partial charge in [-0.2, -0.15) is 0 Å². The number of aromatic nitrogens is 2. The summed E-state index contributed by atoms with van der Waals surface area (Å²) in [6, 6.07) is 3.67. The van der Waals surface area contributed by atoms with Crippen LogP contribution in [0.1, 0.15) is 64.8 Å². The van der Waals surface area contributed by atoms with Gasteiger partial charge in [0.25, 0.3) is 11.5 Å². The lowest BCUT2D eigenvalue weighted by Gasteiger charge is -2.37. The number of carbonyl (C=O) groups is 2. The van der Waals surface area contributed by atoms with Gasteiger partial charge in [0.05, 0.1) is 22.7 Å². The van der Waals surface area contributed by atoms with Crippen molar-refractivity contribution in [2.75, 3.05) is 19.6 Å². The van der Waals surface area contributed by atoms with Crippen LogP contribution in [0.4, 0.5) is 0 Å². The third-order valence-electron chi connectivity index (χ3n) is 6.68. The molecule has 1 N–H and O–H groups in total. The van der Waals surface area contributed by atoms with Gasteiger partial charge in [0, 0.05) is 37.9 Å². The Balaban J connectivity index is 1.33. The van der Waals surface area contributed by atoms with Gasteiger partial charge in [-0.15, -0.1) is 11.3 Å². The fourth-order valence-corrected chi connectivity index (χ4v) is 5.37. The number of aromatic amines is 1. The maximum absolute atomic E-state index is 12.8. The second kappa shape index (κ2) is 7.98. The molecule has 7 nitrogen and oxygen atoms in total. The average Bonchev–Trinajstić information content (AvgIpc) is 3.26. The molecule has 0 aromatic carbocycles. The van der Waals surface area contributed by atoms with Crippen molar-refractivity contribution < 1.29 is 9.59 Å². The number of amides is 2. The minimum absolute atomic E-state index is 0.0310. The van der Waals surface area contributed by atoms with Gasteiger partial charge in [0.15, 0.2) is 0 Å². The molecule has 158 valence electrons. The van der Waals surface area contributed by atoms with Crippen LogP contribution in [-0.2, 0) is 17.8 Å². The number of H-pyrrole nitrogens is 1. The summed E-state index contributed by atoms with van der Waals surface area (Å²) in [7, 11) is 0. The van der Waals surface area contributed by atoms with Crippen LogP contribution >= 0.6 is 11.3 Å². The van der Waals surface area contributed by atoms with Crippen LogP contribution < -0.4 is 5.56 Å². The van der Waals surface area contributed by atoms with Crippen LogP contribution in [0.15, 0.2) is 22.3 Å². The number of thiophene rings is 1. The maximum Gasteiger partial charge on any atom is 0.264 e. The van der Waals surface area contributed by atoms with E-state index in [1.807, 2.05) is 22.4 Å². The van der Waals surface area contributed by atoms with Crippen molar-refractivity contribution in [1.82, 2.24) is 19.8 Å². The Hall–Kier alpha value is -2.48. The van der Waals surface area contributed by atoms with Crippen molar-refractivity contribution in [1.29, 1.82) is 0 Å². The predicted molar refractivity (Wildman–Crippen MR) is 114 cm³/mol. The molecule has 3 aliphatic rings. The van der Waals surface area contributed by atoms with Crippen molar-refractivity contribution in [3.05, 3.63) is 49.8 Å². The molecule has 0 radical (unpaired) electrons. The SMILES string of the molecule is O=C(c1cccs1)N1CCc2nc(C3CCCN(C(=O)C4CCC4)C3)[nH]c(=O)c2C1. The number of fused-ring (bicyclic) bond motifs is 1. The summed E-state index contributed by atoms with van der Waals surface area (Å²) in [6.07, 6.45) is 5.62. The summed E-state index contributed by atoms with van der Waals surface area (Å²) in [6.45, 7) is 2.31. The molecule has 0 spiro atoms. The lowest BCUT2D eigenvalue weighted by Crippen LogP contribution is -2.45. The molecule has 1 aliphatic carbocycles. The van der Waals surface area contributed by atoms with Crippen molar-refractivity contribution in [3.63, 3.8) is 0 Å². The molecule has 2 aromatic heterocycles. The zero-order valence-corrected chi connectivity index (χ0v) is 17.7. The van der Waals surface area contributed by atoms with Crippen LogP contribution in [0.5, 0.6) is 0 Å². The van der Waals surface area contributed by atoms with Gasteiger partial charge in [-0.3, -0.25) is 14.4 Å². The summed E-state index contributed by atoms with van der Waals surface area (Å²) in [5.41, 5.74) is 1.24. The molecule has 1 saturated carbocycles. The van der Waals surface area contributed by atoms with Crippen molar-refractivity contribution in [3.8, 4) is 0 Å². The first-order chi connectivity index (χ1) is 14.6. The largest absolute Gasteiger partial charge is 0.342 e. The van der Waals surface area contributed by atoms with E-state index < -0.39 is 0 Å². The summed E-state index contributed by atoms with van der Waals surface area (Å²) in [4.78, 5) is 50.3. The normalized spacial score (nSPS) is 21.8. The summed E-state index contributed by atoms with van der Waals surface area (Å²) >= 11 is 1.42. The Morgan fingerprint density at radius 2 is 2.00 bits per heavy atom. The minimum Gasteiger partial charge on any atom is -0.342 e. The molecule has 4 heterocycles. The van der Waals surface area contributed by atoms with Crippen LogP contribution in [-0.4, -0.2) is 51.2 Å². The van der Waals surface area contributed by atoms with Gasteiger partial charge in [-0.1, -0.05) is 12.5 Å². The number of hydrogen-bond donors (Lipinski definition) is 1. The summed E-state index contributed by atoms with van der Waals surface area (Å²) < 4.78 is 0. The monoisotopic (exact) mass is 426 g/mol. The summed E-state index contributed by atoms with van der Waals surface area (Å²) in [5.74, 6) is 1.21. The Bertz CT molecular complexity index is 1010. The lowest BCUT2D eigenvalue weighted by atomic mass is 9.83. The molecule has 2 amide bonds. The van der Waals surface area contributed by atoms with E-state index in [1.54, 1.807) is 4.90 Å². The summed E-state index contributed by atoms with van der Waals surface area (Å²) in [5, 5.41) is 1.88. The van der Waals surface area contributed by atoms with Crippen LogP contribution in [0.2, 0.25) is 0 Å². The number of piperidine rings is 1. The molecular weight excluding hydrogens is 400 g/mol. The number of nitrogens with zero attached hydrogens (tertiary/aromatic N) is 3. The highest BCUT2D eigenvalue weighted by molar-refractivity contribution is 7.12. The average molecular weight is 427 g/mol. The van der Waals surface area contributed by atoms with Crippen molar-refractivity contribution >= 4 is 23.2 Å². The zero-order valence-electron chi connectivity index (χ0n) is 16.9. The van der Waals surface area contributed by atoms with E-state index in [1.165, 1.54) is 11.3 Å².